The molecule has 136 valence electrons. The Bertz CT molecular complexity index is 529. The molecule has 0 bridgehead atoms. The summed E-state index contributed by atoms with van der Waals surface area (Å²) in [5, 5.41) is 2.18. The van der Waals surface area contributed by atoms with Crippen LogP contribution >= 0.6 is 0 Å². The van der Waals surface area contributed by atoms with E-state index in [1.807, 2.05) is 10.8 Å². The minimum absolute atomic E-state index is 0.145. The molecule has 1 aliphatic heterocycles. The van der Waals surface area contributed by atoms with Crippen molar-refractivity contribution in [1.82, 2.24) is 19.8 Å². The number of likely N-dealkylation sites (tertiary alicyclic amines) is 1. The molecule has 0 saturated carbocycles. The van der Waals surface area contributed by atoms with Gasteiger partial charge in [-0.15, -0.1) is 0 Å². The largest absolute Gasteiger partial charge is 0.408 e. The first-order valence-corrected chi connectivity index (χ1v) is 8.16. The smallest absolute Gasteiger partial charge is 0.334 e. The maximum Gasteiger partial charge on any atom is 0.408 e. The number of piperidine rings is 1. The summed E-state index contributed by atoms with van der Waals surface area (Å²) in [7, 11) is 0. The molecular formula is C16H25F3N4O. The summed E-state index contributed by atoms with van der Waals surface area (Å²) in [4.78, 5) is 17.7. The highest BCUT2D eigenvalue weighted by atomic mass is 19.4. The Balaban J connectivity index is 1.91. The molecule has 2 amide bonds. The van der Waals surface area contributed by atoms with E-state index in [1.165, 1.54) is 4.90 Å². The zero-order chi connectivity index (χ0) is 18.0. The van der Waals surface area contributed by atoms with Crippen molar-refractivity contribution in [2.24, 2.45) is 5.41 Å². The number of alkyl halides is 3. The number of halogens is 3. The maximum atomic E-state index is 13.2. The van der Waals surface area contributed by atoms with Crippen LogP contribution in [0.15, 0.2) is 18.7 Å². The first kappa shape index (κ1) is 18.6. The molecule has 0 unspecified atom stereocenters. The highest BCUT2D eigenvalue weighted by Gasteiger charge is 2.43. The molecule has 1 aliphatic rings. The third-order valence-electron chi connectivity index (χ3n) is 4.21. The Morgan fingerprint density at radius 3 is 2.38 bits per heavy atom. The highest BCUT2D eigenvalue weighted by molar-refractivity contribution is 5.74. The normalized spacial score (nSPS) is 18.5. The van der Waals surface area contributed by atoms with Crippen LogP contribution in [0.25, 0.3) is 0 Å². The lowest BCUT2D eigenvalue weighted by atomic mass is 9.88. The van der Waals surface area contributed by atoms with Crippen LogP contribution in [0.2, 0.25) is 0 Å². The average molecular weight is 346 g/mol. The summed E-state index contributed by atoms with van der Waals surface area (Å²) in [5.41, 5.74) is -0.526. The van der Waals surface area contributed by atoms with Gasteiger partial charge in [0, 0.05) is 31.5 Å². The van der Waals surface area contributed by atoms with Crippen molar-refractivity contribution in [1.29, 1.82) is 0 Å². The van der Waals surface area contributed by atoms with E-state index in [1.54, 1.807) is 33.3 Å². The van der Waals surface area contributed by atoms with Gasteiger partial charge in [0.1, 0.15) is 6.04 Å². The van der Waals surface area contributed by atoms with Crippen molar-refractivity contribution >= 4 is 6.03 Å². The zero-order valence-electron chi connectivity index (χ0n) is 14.3. The molecule has 1 N–H and O–H groups in total. The number of rotatable bonds is 3. The van der Waals surface area contributed by atoms with E-state index >= 15 is 0 Å². The third kappa shape index (κ3) is 5.14. The SMILES string of the molecule is CC(C)(C)C[C@@H](NC(=O)N1CCC(n2ccnc2)CC1)C(F)(F)F. The van der Waals surface area contributed by atoms with Crippen molar-refractivity contribution in [3.05, 3.63) is 18.7 Å². The lowest BCUT2D eigenvalue weighted by molar-refractivity contribution is -0.159. The lowest BCUT2D eigenvalue weighted by Crippen LogP contribution is -2.53. The second-order valence-electron chi connectivity index (χ2n) is 7.54. The topological polar surface area (TPSA) is 50.2 Å². The van der Waals surface area contributed by atoms with Gasteiger partial charge in [-0.25, -0.2) is 9.78 Å². The molecule has 2 heterocycles. The summed E-state index contributed by atoms with van der Waals surface area (Å²) < 4.78 is 41.5. The number of aromatic nitrogens is 2. The number of carbonyl (C=O) groups excluding carboxylic acids is 1. The van der Waals surface area contributed by atoms with Gasteiger partial charge in [0.05, 0.1) is 6.33 Å². The fourth-order valence-electron chi connectivity index (χ4n) is 2.95. The van der Waals surface area contributed by atoms with Crippen LogP contribution in [0.1, 0.15) is 46.1 Å². The summed E-state index contributed by atoms with van der Waals surface area (Å²) in [6.45, 7) is 6.07. The number of carbonyl (C=O) groups is 1. The van der Waals surface area contributed by atoms with Gasteiger partial charge in [0.2, 0.25) is 0 Å². The Morgan fingerprint density at radius 2 is 1.92 bits per heavy atom. The van der Waals surface area contributed by atoms with Gasteiger partial charge in [-0.05, 0) is 24.7 Å². The van der Waals surface area contributed by atoms with E-state index in [0.717, 1.165) is 0 Å². The van der Waals surface area contributed by atoms with Gasteiger partial charge in [0.25, 0.3) is 0 Å². The second-order valence-corrected chi connectivity index (χ2v) is 7.54. The highest BCUT2D eigenvalue weighted by Crippen LogP contribution is 2.31. The Labute approximate surface area is 140 Å². The van der Waals surface area contributed by atoms with Gasteiger partial charge in [-0.1, -0.05) is 20.8 Å². The quantitative estimate of drug-likeness (QED) is 0.909. The number of nitrogens with one attached hydrogen (secondary N) is 1. The van der Waals surface area contributed by atoms with Gasteiger partial charge >= 0.3 is 12.2 Å². The molecule has 2 rings (SSSR count). The van der Waals surface area contributed by atoms with Crippen LogP contribution in [-0.4, -0.2) is 45.8 Å². The van der Waals surface area contributed by atoms with Gasteiger partial charge in [-0.3, -0.25) is 0 Å². The van der Waals surface area contributed by atoms with Gasteiger partial charge in [0.15, 0.2) is 0 Å². The summed E-state index contributed by atoms with van der Waals surface area (Å²) in [6.07, 6.45) is 2.11. The Kier molecular flexibility index (Phi) is 5.45. The molecule has 24 heavy (non-hydrogen) atoms. The lowest BCUT2D eigenvalue weighted by Gasteiger charge is -2.35. The number of imidazole rings is 1. The van der Waals surface area contributed by atoms with Crippen molar-refractivity contribution in [2.45, 2.75) is 58.3 Å². The average Bonchev–Trinajstić information content (AvgIpc) is 2.98. The molecule has 1 aromatic rings. The van der Waals surface area contributed by atoms with E-state index in [2.05, 4.69) is 10.3 Å². The van der Waals surface area contributed by atoms with E-state index in [0.29, 0.717) is 25.9 Å². The fourth-order valence-corrected chi connectivity index (χ4v) is 2.95. The van der Waals surface area contributed by atoms with E-state index in [9.17, 15) is 18.0 Å². The molecule has 1 atom stereocenters. The molecular weight excluding hydrogens is 321 g/mol. The van der Waals surface area contributed by atoms with Crippen molar-refractivity contribution in [3.8, 4) is 0 Å². The molecule has 0 radical (unpaired) electrons. The molecule has 1 fully saturated rings. The van der Waals surface area contributed by atoms with Crippen molar-refractivity contribution < 1.29 is 18.0 Å². The maximum absolute atomic E-state index is 13.2. The number of amides is 2. The standard InChI is InChI=1S/C16H25F3N4O/c1-15(2,3)10-13(16(17,18)19)21-14(24)22-7-4-12(5-8-22)23-9-6-20-11-23/h6,9,11-13H,4-5,7-8,10H2,1-3H3,(H,21,24)/t13-/m1/s1. The van der Waals surface area contributed by atoms with Crippen LogP contribution in [-0.2, 0) is 0 Å². The first-order chi connectivity index (χ1) is 11.1. The molecule has 0 aromatic carbocycles. The first-order valence-electron chi connectivity index (χ1n) is 8.16. The zero-order valence-corrected chi connectivity index (χ0v) is 14.3. The Hall–Kier alpha value is -1.73. The van der Waals surface area contributed by atoms with Gasteiger partial charge in [-0.2, -0.15) is 13.2 Å². The molecule has 0 spiro atoms. The molecule has 8 heteroatoms. The molecule has 5 nitrogen and oxygen atoms in total. The minimum Gasteiger partial charge on any atom is -0.334 e. The van der Waals surface area contributed by atoms with E-state index in [4.69, 9.17) is 0 Å². The molecule has 1 saturated heterocycles. The number of urea groups is 1. The number of nitrogens with zero attached hydrogens (tertiary/aromatic N) is 3. The second kappa shape index (κ2) is 7.03. The van der Waals surface area contributed by atoms with E-state index < -0.39 is 23.7 Å². The predicted octanol–water partition coefficient (Wildman–Crippen LogP) is 3.60. The van der Waals surface area contributed by atoms with Gasteiger partial charge < -0.3 is 14.8 Å². The minimum atomic E-state index is -4.45. The Morgan fingerprint density at radius 1 is 1.29 bits per heavy atom. The van der Waals surface area contributed by atoms with Crippen LogP contribution in [0.4, 0.5) is 18.0 Å². The third-order valence-corrected chi connectivity index (χ3v) is 4.21. The predicted molar refractivity (Wildman–Crippen MR) is 84.5 cm³/mol. The fraction of sp³-hybridized carbons (Fsp3) is 0.750. The number of hydrogen-bond donors (Lipinski definition) is 1. The molecule has 0 aliphatic carbocycles. The van der Waals surface area contributed by atoms with Crippen LogP contribution in [0.5, 0.6) is 0 Å². The molecule has 1 aromatic heterocycles. The van der Waals surface area contributed by atoms with E-state index in [-0.39, 0.29) is 12.5 Å². The van der Waals surface area contributed by atoms with Crippen LogP contribution < -0.4 is 5.32 Å². The van der Waals surface area contributed by atoms with Crippen LogP contribution in [0, 0.1) is 5.41 Å². The monoisotopic (exact) mass is 346 g/mol. The van der Waals surface area contributed by atoms with Crippen molar-refractivity contribution in [3.63, 3.8) is 0 Å². The van der Waals surface area contributed by atoms with Crippen LogP contribution in [0.3, 0.4) is 0 Å². The summed E-state index contributed by atoms with van der Waals surface area (Å²) >= 11 is 0. The summed E-state index contributed by atoms with van der Waals surface area (Å²) in [6, 6.07) is -2.22. The number of hydrogen-bond acceptors (Lipinski definition) is 2. The summed E-state index contributed by atoms with van der Waals surface area (Å²) in [5.74, 6) is 0. The van der Waals surface area contributed by atoms with Crippen molar-refractivity contribution in [2.75, 3.05) is 13.1 Å².